The van der Waals surface area contributed by atoms with Crippen molar-refractivity contribution in [2.75, 3.05) is 14.7 Å². The Bertz CT molecular complexity index is 10100. The maximum Gasteiger partial charge on any atom is 0.333 e. The molecule has 12 heteroatoms. The minimum Gasteiger partial charge on any atom is -0.456 e. The molecule has 0 amide bonds. The standard InChI is InChI=1S/C120H65B3N6O3/c1-4-27-73(28-5-1)124-98-57-52-71-58-69(70-49-54-81-92-63-91-85-41-21-38-82-79-34-14-17-45-95(79)127(114(82)85)121-93-55-50-66-24-12-13-33-77(66)117(93)126(75-31-8-3-9-32-75)118(111(91)121)120(92)131-103(81)62-70)48-53-76(71)110(98)123-113-101(124)65-105-107(109(113)88-42-22-39-83-80-35-15-18-46-96(80)129(123)115(83)88)89-44-20-37-78(119(89)132-105)72-51-56-97-90(59-72)84-40-23-43-87-108-106-86-36-16-19-47-102(86)130-104(106)64-100-112(108)122(128(97)116(84)87)94-60-67-25-10-11-26-68(67)61-99(94)125(100)74-29-6-2-7-30-74/h1-65H. The summed E-state index contributed by atoms with van der Waals surface area (Å²) in [6, 6.07) is 148. The van der Waals surface area contributed by atoms with Crippen LogP contribution < -0.4 is 47.5 Å². The Kier molecular flexibility index (Phi) is 12.8. The van der Waals surface area contributed by atoms with E-state index in [2.05, 4.69) is 422 Å². The Labute approximate surface area is 754 Å². The number of nitrogens with zero attached hydrogens (tertiary/aromatic N) is 6. The Morgan fingerprint density at radius 3 is 1.42 bits per heavy atom. The van der Waals surface area contributed by atoms with Crippen molar-refractivity contribution in [1.82, 2.24) is 13.4 Å². The quantitative estimate of drug-likeness (QED) is 0.160. The van der Waals surface area contributed by atoms with Gasteiger partial charge in [0.05, 0.1) is 11.4 Å². The van der Waals surface area contributed by atoms with Crippen molar-refractivity contribution in [3.8, 4) is 55.6 Å². The highest BCUT2D eigenvalue weighted by molar-refractivity contribution is 6.93. The molecule has 6 aromatic heterocycles. The van der Waals surface area contributed by atoms with Crippen molar-refractivity contribution >= 4 is 268 Å². The van der Waals surface area contributed by atoms with Crippen LogP contribution in [0.25, 0.3) is 219 Å². The van der Waals surface area contributed by atoms with E-state index in [4.69, 9.17) is 13.3 Å². The monoisotopic (exact) mass is 1670 g/mol. The van der Waals surface area contributed by atoms with Gasteiger partial charge in [-0.3, -0.25) is 0 Å². The summed E-state index contributed by atoms with van der Waals surface area (Å²) in [6.45, 7) is -0.604. The molecule has 0 spiro atoms. The number of benzene rings is 21. The molecular weight excluding hydrogens is 1610 g/mol. The van der Waals surface area contributed by atoms with Crippen molar-refractivity contribution < 1.29 is 13.3 Å². The summed E-state index contributed by atoms with van der Waals surface area (Å²) in [6.07, 6.45) is 0. The molecule has 12 heterocycles. The van der Waals surface area contributed by atoms with Gasteiger partial charge >= 0.3 is 20.5 Å². The molecule has 21 aromatic carbocycles. The molecule has 6 aliphatic rings. The van der Waals surface area contributed by atoms with Gasteiger partial charge in [-0.15, -0.1) is 0 Å². The normalized spacial score (nSPS) is 13.7. The summed E-state index contributed by atoms with van der Waals surface area (Å²) < 4.78 is 30.5. The Morgan fingerprint density at radius 1 is 0.205 bits per heavy atom. The molecule has 132 heavy (non-hydrogen) atoms. The van der Waals surface area contributed by atoms with Crippen molar-refractivity contribution in [2.45, 2.75) is 0 Å². The van der Waals surface area contributed by atoms with Crippen LogP contribution in [-0.4, -0.2) is 34.0 Å². The lowest BCUT2D eigenvalue weighted by Crippen LogP contribution is -2.57. The van der Waals surface area contributed by atoms with Crippen LogP contribution in [0.4, 0.5) is 51.2 Å². The van der Waals surface area contributed by atoms with Crippen LogP contribution in [0.3, 0.4) is 0 Å². The van der Waals surface area contributed by atoms with Crippen LogP contribution in [0.1, 0.15) is 0 Å². The Balaban J connectivity index is 0.579. The van der Waals surface area contributed by atoms with E-state index < -0.39 is 0 Å². The number of rotatable bonds is 5. The van der Waals surface area contributed by atoms with E-state index in [1.807, 2.05) is 0 Å². The van der Waals surface area contributed by atoms with Crippen LogP contribution in [0, 0.1) is 0 Å². The van der Waals surface area contributed by atoms with Gasteiger partial charge in [-0.2, -0.15) is 0 Å². The molecule has 0 N–H and O–H groups in total. The highest BCUT2D eigenvalue weighted by atomic mass is 16.3. The largest absolute Gasteiger partial charge is 0.456 e. The van der Waals surface area contributed by atoms with Crippen LogP contribution in [0.15, 0.2) is 408 Å². The number of furan rings is 3. The second-order valence-corrected chi connectivity index (χ2v) is 37.0. The first-order valence-electron chi connectivity index (χ1n) is 45.9. The highest BCUT2D eigenvalue weighted by Gasteiger charge is 2.50. The number of anilines is 9. The van der Waals surface area contributed by atoms with Gasteiger partial charge in [-0.1, -0.05) is 279 Å². The molecule has 0 unspecified atom stereocenters. The highest BCUT2D eigenvalue weighted by Crippen LogP contribution is 2.57. The lowest BCUT2D eigenvalue weighted by Gasteiger charge is -2.41. The molecule has 0 bridgehead atoms. The predicted octanol–water partition coefficient (Wildman–Crippen LogP) is 27.8. The third kappa shape index (κ3) is 8.52. The fraction of sp³-hybridized carbons (Fsp3) is 0. The van der Waals surface area contributed by atoms with Gasteiger partial charge in [0.1, 0.15) is 27.9 Å². The van der Waals surface area contributed by atoms with E-state index in [9.17, 15) is 0 Å². The average molecular weight is 1670 g/mol. The molecule has 0 atom stereocenters. The van der Waals surface area contributed by atoms with E-state index in [-0.39, 0.29) is 20.5 Å². The van der Waals surface area contributed by atoms with E-state index in [1.165, 1.54) is 164 Å². The lowest BCUT2D eigenvalue weighted by atomic mass is 9.44. The summed E-state index contributed by atoms with van der Waals surface area (Å²) in [4.78, 5) is 7.55. The molecule has 9 nitrogen and oxygen atoms in total. The molecule has 0 fully saturated rings. The number of fused-ring (bicyclic) bond motifs is 38. The molecule has 0 saturated carbocycles. The molecule has 602 valence electrons. The van der Waals surface area contributed by atoms with Gasteiger partial charge in [-0.05, 0) is 196 Å². The molecule has 27 aromatic rings. The topological polar surface area (TPSA) is 63.9 Å². The summed E-state index contributed by atoms with van der Waals surface area (Å²) in [7, 11) is 0. The number of aromatic nitrogens is 3. The predicted molar refractivity (Wildman–Crippen MR) is 552 cm³/mol. The van der Waals surface area contributed by atoms with E-state index in [1.54, 1.807) is 0 Å². The summed E-state index contributed by atoms with van der Waals surface area (Å²) in [5, 5.41) is 21.1. The molecule has 0 aliphatic carbocycles. The minimum absolute atomic E-state index is 0.146. The van der Waals surface area contributed by atoms with Crippen LogP contribution >= 0.6 is 0 Å². The molecule has 0 saturated heterocycles. The van der Waals surface area contributed by atoms with Crippen molar-refractivity contribution in [1.29, 1.82) is 0 Å². The van der Waals surface area contributed by atoms with Crippen LogP contribution in [0.2, 0.25) is 0 Å². The van der Waals surface area contributed by atoms with Gasteiger partial charge in [0.25, 0.3) is 0 Å². The molecular formula is C120H65B3N6O3. The second-order valence-electron chi connectivity index (χ2n) is 37.0. The van der Waals surface area contributed by atoms with Crippen LogP contribution in [-0.2, 0) is 0 Å². The third-order valence-electron chi connectivity index (χ3n) is 30.8. The first kappa shape index (κ1) is 69.0. The summed E-state index contributed by atoms with van der Waals surface area (Å²) in [5.41, 5.74) is 41.6. The zero-order valence-corrected chi connectivity index (χ0v) is 70.7. The van der Waals surface area contributed by atoms with Crippen molar-refractivity contribution in [2.24, 2.45) is 0 Å². The number of hydrogen-bond acceptors (Lipinski definition) is 6. The average Bonchev–Trinajstić information content (AvgIpc) is 1.47. The lowest BCUT2D eigenvalue weighted by molar-refractivity contribution is 0.669. The molecule has 0 radical (unpaired) electrons. The van der Waals surface area contributed by atoms with Crippen molar-refractivity contribution in [3.05, 3.63) is 394 Å². The fourth-order valence-electron chi connectivity index (χ4n) is 25.7. The zero-order chi connectivity index (χ0) is 85.0. The summed E-state index contributed by atoms with van der Waals surface area (Å²) >= 11 is 0. The fourth-order valence-corrected chi connectivity index (χ4v) is 25.7. The first-order valence-corrected chi connectivity index (χ1v) is 45.9. The van der Waals surface area contributed by atoms with E-state index in [0.29, 0.717) is 0 Å². The van der Waals surface area contributed by atoms with Gasteiger partial charge in [-0.25, -0.2) is 0 Å². The van der Waals surface area contributed by atoms with Crippen LogP contribution in [0.5, 0.6) is 0 Å². The second kappa shape index (κ2) is 24.6. The van der Waals surface area contributed by atoms with Crippen molar-refractivity contribution in [3.63, 3.8) is 0 Å². The smallest absolute Gasteiger partial charge is 0.333 e. The van der Waals surface area contributed by atoms with Gasteiger partial charge in [0, 0.05) is 177 Å². The van der Waals surface area contributed by atoms with E-state index in [0.717, 1.165) is 139 Å². The molecule has 33 rings (SSSR count). The maximum atomic E-state index is 7.79. The Hall–Kier alpha value is -17.2. The minimum atomic E-state index is -0.267. The van der Waals surface area contributed by atoms with Gasteiger partial charge in [0.2, 0.25) is 0 Å². The van der Waals surface area contributed by atoms with Gasteiger partial charge < -0.3 is 41.4 Å². The zero-order valence-electron chi connectivity index (χ0n) is 70.7. The molecule has 6 aliphatic heterocycles. The van der Waals surface area contributed by atoms with E-state index >= 15 is 0 Å². The maximum absolute atomic E-state index is 7.79. The summed E-state index contributed by atoms with van der Waals surface area (Å²) in [5.74, 6) is 0. The Morgan fingerprint density at radius 2 is 0.712 bits per heavy atom. The first-order chi connectivity index (χ1) is 65.5. The van der Waals surface area contributed by atoms with Gasteiger partial charge in [0.15, 0.2) is 5.58 Å². The SMILES string of the molecule is c1ccc(N2c3cc4ccccc4cc3B3c4c2cc2oc5ccccc5c2c4-c2cccc4c5cc(-c6cccc7c6oc6cc8c9c(c67)-c6cccc7c%10ccccc%10n(c67)B9c6c(ccc7cc(-c9ccc%10c(c9)oc9c%11c%12c(cc9%10)-c9cccc%10c%13ccccc%13n(c9%10)B%12c9ccc%10ccccc%10c9N%11c9ccccc9)ccc67)N8c6ccccc6)ccc5n3c24)cc1. The number of para-hydroxylation sites is 10. The third-order valence-corrected chi connectivity index (χ3v) is 30.8. The number of hydrogen-bond donors (Lipinski definition) is 0.